The summed E-state index contributed by atoms with van der Waals surface area (Å²) in [5, 5.41) is 3.55. The number of rotatable bonds is 2. The van der Waals surface area contributed by atoms with Gasteiger partial charge >= 0.3 is 6.03 Å². The molecule has 0 spiro atoms. The van der Waals surface area contributed by atoms with Gasteiger partial charge in [-0.2, -0.15) is 0 Å². The van der Waals surface area contributed by atoms with Gasteiger partial charge in [0.2, 0.25) is 0 Å². The van der Waals surface area contributed by atoms with Gasteiger partial charge in [0.25, 0.3) is 5.56 Å². The fraction of sp³-hybridized carbons (Fsp3) is 0.389. The van der Waals surface area contributed by atoms with Crippen molar-refractivity contribution in [1.82, 2.24) is 14.9 Å². The number of urea groups is 1. The van der Waals surface area contributed by atoms with E-state index in [-0.39, 0.29) is 17.5 Å². The van der Waals surface area contributed by atoms with Gasteiger partial charge in [-0.05, 0) is 44.4 Å². The Labute approximate surface area is 151 Å². The Bertz CT molecular complexity index is 849. The minimum Gasteiger partial charge on any atom is -0.324 e. The number of piperidine rings is 1. The summed E-state index contributed by atoms with van der Waals surface area (Å²) in [5.41, 5.74) is 2.15. The molecule has 1 aliphatic heterocycles. The van der Waals surface area contributed by atoms with Gasteiger partial charge in [-0.3, -0.25) is 4.79 Å². The molecule has 1 fully saturated rings. The average molecular weight is 361 g/mol. The number of carbonyl (C=O) groups is 1. The summed E-state index contributed by atoms with van der Waals surface area (Å²) >= 11 is 6.11. The molecule has 0 saturated carbocycles. The second kappa shape index (κ2) is 7.27. The number of amides is 2. The summed E-state index contributed by atoms with van der Waals surface area (Å²) in [4.78, 5) is 33.2. The monoisotopic (exact) mass is 360 g/mol. The van der Waals surface area contributed by atoms with Crippen LogP contribution >= 0.6 is 11.6 Å². The quantitative estimate of drug-likeness (QED) is 0.860. The maximum absolute atomic E-state index is 12.6. The molecule has 2 N–H and O–H groups in total. The van der Waals surface area contributed by atoms with Crippen LogP contribution in [0, 0.1) is 13.8 Å². The van der Waals surface area contributed by atoms with E-state index in [1.165, 1.54) is 6.07 Å². The Morgan fingerprint density at radius 1 is 1.40 bits per heavy atom. The van der Waals surface area contributed by atoms with Crippen molar-refractivity contribution in [2.45, 2.75) is 32.6 Å². The number of hydrogen-bond acceptors (Lipinski definition) is 3. The molecule has 1 atom stereocenters. The number of halogens is 1. The molecule has 0 radical (unpaired) electrons. The predicted octanol–water partition coefficient (Wildman–Crippen LogP) is 3.45. The van der Waals surface area contributed by atoms with Crippen molar-refractivity contribution in [3.8, 4) is 0 Å². The van der Waals surface area contributed by atoms with Crippen molar-refractivity contribution in [2.24, 2.45) is 0 Å². The van der Waals surface area contributed by atoms with Crippen LogP contribution in [0.15, 0.2) is 29.1 Å². The lowest BCUT2D eigenvalue weighted by Gasteiger charge is -2.32. The predicted molar refractivity (Wildman–Crippen MR) is 98.4 cm³/mol. The summed E-state index contributed by atoms with van der Waals surface area (Å²) in [7, 11) is 0. The molecule has 2 aromatic rings. The molecule has 0 unspecified atom stereocenters. The van der Waals surface area contributed by atoms with Crippen LogP contribution in [0.1, 0.15) is 35.8 Å². The molecule has 2 heterocycles. The minimum absolute atomic E-state index is 0.0703. The number of nitrogens with one attached hydrogen (secondary N) is 2. The first-order valence-corrected chi connectivity index (χ1v) is 8.71. The second-order valence-electron chi connectivity index (χ2n) is 6.38. The molecule has 132 valence electrons. The molecular weight excluding hydrogens is 340 g/mol. The van der Waals surface area contributed by atoms with E-state index in [9.17, 15) is 9.59 Å². The topological polar surface area (TPSA) is 78.1 Å². The highest BCUT2D eigenvalue weighted by Crippen LogP contribution is 2.27. The van der Waals surface area contributed by atoms with Gasteiger partial charge in [0.15, 0.2) is 0 Å². The Morgan fingerprint density at radius 3 is 2.96 bits per heavy atom. The number of aryl methyl sites for hydroxylation is 1. The van der Waals surface area contributed by atoms with Crippen molar-refractivity contribution >= 4 is 23.3 Å². The molecule has 1 aliphatic rings. The number of aromatic amines is 1. The largest absolute Gasteiger partial charge is 0.324 e. The van der Waals surface area contributed by atoms with Gasteiger partial charge in [0.1, 0.15) is 5.82 Å². The fourth-order valence-corrected chi connectivity index (χ4v) is 3.33. The third-order valence-corrected chi connectivity index (χ3v) is 4.93. The van der Waals surface area contributed by atoms with Crippen molar-refractivity contribution in [3.63, 3.8) is 0 Å². The van der Waals surface area contributed by atoms with Gasteiger partial charge in [0.05, 0.1) is 5.69 Å². The lowest BCUT2D eigenvalue weighted by molar-refractivity contribution is 0.192. The highest BCUT2D eigenvalue weighted by atomic mass is 35.5. The first-order valence-electron chi connectivity index (χ1n) is 8.33. The normalized spacial score (nSPS) is 17.4. The Balaban J connectivity index is 1.73. The van der Waals surface area contributed by atoms with E-state index in [4.69, 9.17) is 11.6 Å². The van der Waals surface area contributed by atoms with E-state index in [1.807, 2.05) is 19.1 Å². The number of hydrogen-bond donors (Lipinski definition) is 2. The zero-order chi connectivity index (χ0) is 18.0. The second-order valence-corrected chi connectivity index (χ2v) is 6.79. The smallest absolute Gasteiger partial charge is 0.321 e. The highest BCUT2D eigenvalue weighted by Gasteiger charge is 2.26. The third-order valence-electron chi connectivity index (χ3n) is 4.52. The zero-order valence-corrected chi connectivity index (χ0v) is 15.1. The molecule has 1 aromatic heterocycles. The standard InChI is InChI=1S/C18H21ClN4O2/c1-11-14(19)6-3-7-15(11)22-18(25)23-8-4-5-13(10-23)16-9-17(24)21-12(2)20-16/h3,6-7,9,13H,4-5,8,10H2,1-2H3,(H,22,25)(H,20,21,24)/t13-/m0/s1. The Hall–Kier alpha value is -2.34. The van der Waals surface area contributed by atoms with E-state index < -0.39 is 0 Å². The number of benzene rings is 1. The van der Waals surface area contributed by atoms with E-state index in [2.05, 4.69) is 15.3 Å². The summed E-state index contributed by atoms with van der Waals surface area (Å²) in [6.07, 6.45) is 1.79. The number of likely N-dealkylation sites (tertiary alicyclic amines) is 1. The van der Waals surface area contributed by atoms with Crippen molar-refractivity contribution in [3.05, 3.63) is 56.7 Å². The van der Waals surface area contributed by atoms with E-state index >= 15 is 0 Å². The molecule has 1 saturated heterocycles. The highest BCUT2D eigenvalue weighted by molar-refractivity contribution is 6.31. The van der Waals surface area contributed by atoms with Crippen LogP contribution in [0.5, 0.6) is 0 Å². The molecule has 0 aliphatic carbocycles. The molecule has 7 heteroatoms. The molecule has 3 rings (SSSR count). The van der Waals surface area contributed by atoms with E-state index in [0.717, 1.165) is 24.1 Å². The van der Waals surface area contributed by atoms with E-state index in [0.29, 0.717) is 29.6 Å². The van der Waals surface area contributed by atoms with Crippen molar-refractivity contribution < 1.29 is 4.79 Å². The maximum atomic E-state index is 12.6. The molecule has 6 nitrogen and oxygen atoms in total. The number of aromatic nitrogens is 2. The van der Waals surface area contributed by atoms with Crippen LogP contribution in [0.2, 0.25) is 5.02 Å². The van der Waals surface area contributed by atoms with Crippen LogP contribution in [0.3, 0.4) is 0 Å². The SMILES string of the molecule is Cc1nc([C@H]2CCCN(C(=O)Nc3cccc(Cl)c3C)C2)cc(=O)[nH]1. The fourth-order valence-electron chi connectivity index (χ4n) is 3.15. The van der Waals surface area contributed by atoms with Crippen molar-refractivity contribution in [1.29, 1.82) is 0 Å². The molecular formula is C18H21ClN4O2. The van der Waals surface area contributed by atoms with Gasteiger partial charge in [-0.1, -0.05) is 17.7 Å². The number of anilines is 1. The lowest BCUT2D eigenvalue weighted by Crippen LogP contribution is -2.42. The van der Waals surface area contributed by atoms with Crippen LogP contribution in [-0.4, -0.2) is 34.0 Å². The molecule has 25 heavy (non-hydrogen) atoms. The third kappa shape index (κ3) is 4.02. The van der Waals surface area contributed by atoms with Gasteiger partial charge < -0.3 is 15.2 Å². The summed E-state index contributed by atoms with van der Waals surface area (Å²) in [6, 6.07) is 6.82. The van der Waals surface area contributed by atoms with Gasteiger partial charge in [-0.15, -0.1) is 0 Å². The van der Waals surface area contributed by atoms with Crippen LogP contribution in [-0.2, 0) is 0 Å². The summed E-state index contributed by atoms with van der Waals surface area (Å²) in [6.45, 7) is 4.87. The molecule has 0 bridgehead atoms. The van der Waals surface area contributed by atoms with Crippen LogP contribution in [0.25, 0.3) is 0 Å². The number of carbonyl (C=O) groups excluding carboxylic acids is 1. The first-order chi connectivity index (χ1) is 11.9. The number of H-pyrrole nitrogens is 1. The van der Waals surface area contributed by atoms with Crippen LogP contribution in [0.4, 0.5) is 10.5 Å². The van der Waals surface area contributed by atoms with E-state index in [1.54, 1.807) is 17.9 Å². The Morgan fingerprint density at radius 2 is 2.20 bits per heavy atom. The first kappa shape index (κ1) is 17.5. The Kier molecular flexibility index (Phi) is 5.08. The minimum atomic E-state index is -0.156. The number of nitrogens with zero attached hydrogens (tertiary/aromatic N) is 2. The molecule has 2 amide bonds. The van der Waals surface area contributed by atoms with Crippen LogP contribution < -0.4 is 10.9 Å². The van der Waals surface area contributed by atoms with Gasteiger partial charge in [-0.25, -0.2) is 9.78 Å². The van der Waals surface area contributed by atoms with Gasteiger partial charge in [0, 0.05) is 35.8 Å². The maximum Gasteiger partial charge on any atom is 0.321 e. The van der Waals surface area contributed by atoms with Crippen molar-refractivity contribution in [2.75, 3.05) is 18.4 Å². The summed E-state index contributed by atoms with van der Waals surface area (Å²) in [5.74, 6) is 0.666. The zero-order valence-electron chi connectivity index (χ0n) is 14.3. The average Bonchev–Trinajstić information content (AvgIpc) is 2.58. The summed E-state index contributed by atoms with van der Waals surface area (Å²) < 4.78 is 0. The lowest BCUT2D eigenvalue weighted by atomic mass is 9.94. The molecule has 1 aromatic carbocycles.